The first kappa shape index (κ1) is 24.1. The molecule has 0 N–H and O–H groups in total. The quantitative estimate of drug-likeness (QED) is 0.225. The van der Waals surface area contributed by atoms with Crippen molar-refractivity contribution in [2.75, 3.05) is 0 Å². The number of aromatic nitrogens is 3. The van der Waals surface area contributed by atoms with Crippen molar-refractivity contribution in [3.8, 4) is 28.2 Å². The molecule has 7 aromatic rings. The van der Waals surface area contributed by atoms with E-state index in [-0.39, 0.29) is 5.41 Å². The lowest BCUT2D eigenvalue weighted by molar-refractivity contribution is 0.590. The number of furan rings is 1. The minimum atomic E-state index is -0.822. The smallest absolute Gasteiger partial charge is 0.227 e. The van der Waals surface area contributed by atoms with Crippen molar-refractivity contribution < 1.29 is 5.79 Å². The van der Waals surface area contributed by atoms with Gasteiger partial charge in [0.25, 0.3) is 0 Å². The SMILES string of the molecule is [2H]C(C)(C)c1ccc2c(n1)oc1c(-c3nc4ccccc4n3-c3ccc(C(C)(C)C)cc3-c3ccccc3)cccc12. The number of nitrogens with zero attached hydrogens (tertiary/aromatic N) is 3. The first-order valence-electron chi connectivity index (χ1n) is 14.6. The summed E-state index contributed by atoms with van der Waals surface area (Å²) >= 11 is 0. The second-order valence-corrected chi connectivity index (χ2v) is 11.9. The highest BCUT2D eigenvalue weighted by Gasteiger charge is 2.23. The lowest BCUT2D eigenvalue weighted by Gasteiger charge is -2.23. The molecule has 202 valence electrons. The van der Waals surface area contributed by atoms with E-state index >= 15 is 0 Å². The summed E-state index contributed by atoms with van der Waals surface area (Å²) in [6, 6.07) is 35.8. The van der Waals surface area contributed by atoms with Gasteiger partial charge in [-0.05, 0) is 64.9 Å². The molecule has 3 heterocycles. The largest absolute Gasteiger partial charge is 0.437 e. The van der Waals surface area contributed by atoms with E-state index in [1.807, 2.05) is 32.0 Å². The fourth-order valence-electron chi connectivity index (χ4n) is 5.63. The summed E-state index contributed by atoms with van der Waals surface area (Å²) < 4.78 is 17.2. The number of pyridine rings is 1. The minimum absolute atomic E-state index is 0.00122. The van der Waals surface area contributed by atoms with E-state index in [4.69, 9.17) is 15.8 Å². The zero-order valence-corrected chi connectivity index (χ0v) is 24.1. The molecule has 4 aromatic carbocycles. The van der Waals surface area contributed by atoms with E-state index in [2.05, 4.69) is 110 Å². The van der Waals surface area contributed by atoms with Crippen LogP contribution in [-0.4, -0.2) is 14.5 Å². The number of hydrogen-bond acceptors (Lipinski definition) is 3. The molecule has 0 saturated heterocycles. The van der Waals surface area contributed by atoms with Gasteiger partial charge in [-0.1, -0.05) is 95.3 Å². The van der Waals surface area contributed by atoms with E-state index in [0.717, 1.165) is 55.6 Å². The van der Waals surface area contributed by atoms with Crippen LogP contribution in [0.2, 0.25) is 0 Å². The maximum Gasteiger partial charge on any atom is 0.227 e. The second-order valence-electron chi connectivity index (χ2n) is 11.9. The second kappa shape index (κ2) is 9.45. The van der Waals surface area contributed by atoms with Crippen LogP contribution in [0.3, 0.4) is 0 Å². The molecule has 0 aliphatic heterocycles. The molecular formula is C37H33N3O. The molecule has 0 aliphatic carbocycles. The van der Waals surface area contributed by atoms with E-state index in [0.29, 0.717) is 11.4 Å². The highest BCUT2D eigenvalue weighted by molar-refractivity contribution is 6.08. The van der Waals surface area contributed by atoms with Crippen LogP contribution in [0, 0.1) is 0 Å². The maximum atomic E-state index is 8.47. The predicted molar refractivity (Wildman–Crippen MR) is 170 cm³/mol. The summed E-state index contributed by atoms with van der Waals surface area (Å²) in [5.74, 6) is -0.0144. The monoisotopic (exact) mass is 536 g/mol. The third-order valence-electron chi connectivity index (χ3n) is 7.87. The summed E-state index contributed by atoms with van der Waals surface area (Å²) in [6.07, 6.45) is 0. The van der Waals surface area contributed by atoms with Crippen LogP contribution in [0.25, 0.3) is 61.3 Å². The molecule has 0 atom stereocenters. The highest BCUT2D eigenvalue weighted by Crippen LogP contribution is 2.40. The van der Waals surface area contributed by atoms with Crippen LogP contribution in [-0.2, 0) is 5.41 Å². The Kier molecular flexibility index (Phi) is 5.56. The van der Waals surface area contributed by atoms with Crippen molar-refractivity contribution in [3.63, 3.8) is 0 Å². The Bertz CT molecular complexity index is 2110. The van der Waals surface area contributed by atoms with Gasteiger partial charge < -0.3 is 4.42 Å². The van der Waals surface area contributed by atoms with Crippen molar-refractivity contribution in [2.24, 2.45) is 0 Å². The summed E-state index contributed by atoms with van der Waals surface area (Å²) in [5, 5.41) is 1.91. The lowest BCUT2D eigenvalue weighted by Crippen LogP contribution is -2.12. The van der Waals surface area contributed by atoms with Crippen LogP contribution in [0.4, 0.5) is 0 Å². The summed E-state index contributed by atoms with van der Waals surface area (Å²) in [4.78, 5) is 9.94. The first-order chi connectivity index (χ1) is 20.1. The minimum Gasteiger partial charge on any atom is -0.437 e. The Labute approximate surface area is 241 Å². The molecule has 0 amide bonds. The molecule has 7 rings (SSSR count). The predicted octanol–water partition coefficient (Wildman–Crippen LogP) is 10.1. The van der Waals surface area contributed by atoms with Crippen molar-refractivity contribution in [3.05, 3.63) is 114 Å². The number of imidazole rings is 1. The molecule has 4 heteroatoms. The Morgan fingerprint density at radius 2 is 1.54 bits per heavy atom. The van der Waals surface area contributed by atoms with E-state index in [1.165, 1.54) is 5.56 Å². The molecule has 0 unspecified atom stereocenters. The van der Waals surface area contributed by atoms with Gasteiger partial charge in [0.05, 0.1) is 22.3 Å². The molecule has 41 heavy (non-hydrogen) atoms. The van der Waals surface area contributed by atoms with Gasteiger partial charge in [-0.15, -0.1) is 0 Å². The first-order valence-corrected chi connectivity index (χ1v) is 14.1. The van der Waals surface area contributed by atoms with Crippen LogP contribution in [0.5, 0.6) is 0 Å². The summed E-state index contributed by atoms with van der Waals surface area (Å²) in [6.45, 7) is 10.4. The zero-order chi connectivity index (χ0) is 29.2. The number of hydrogen-bond donors (Lipinski definition) is 0. The number of rotatable bonds is 4. The Hall–Kier alpha value is -4.70. The zero-order valence-electron chi connectivity index (χ0n) is 25.1. The molecule has 0 spiro atoms. The van der Waals surface area contributed by atoms with Gasteiger partial charge in [0.2, 0.25) is 5.71 Å². The van der Waals surface area contributed by atoms with Crippen LogP contribution < -0.4 is 0 Å². The van der Waals surface area contributed by atoms with Gasteiger partial charge in [0.15, 0.2) is 0 Å². The summed E-state index contributed by atoms with van der Waals surface area (Å²) in [5.41, 5.74) is 9.42. The average Bonchev–Trinajstić information content (AvgIpc) is 3.54. The van der Waals surface area contributed by atoms with Crippen molar-refractivity contribution >= 4 is 33.1 Å². The number of para-hydroxylation sites is 3. The van der Waals surface area contributed by atoms with Gasteiger partial charge in [0, 0.05) is 23.4 Å². The van der Waals surface area contributed by atoms with E-state index in [9.17, 15) is 0 Å². The van der Waals surface area contributed by atoms with Gasteiger partial charge in [-0.25, -0.2) is 9.97 Å². The number of fused-ring (bicyclic) bond motifs is 4. The third-order valence-corrected chi connectivity index (χ3v) is 7.87. The molecule has 3 aromatic heterocycles. The van der Waals surface area contributed by atoms with E-state index < -0.39 is 5.89 Å². The fourth-order valence-corrected chi connectivity index (χ4v) is 5.63. The molecule has 0 aliphatic rings. The van der Waals surface area contributed by atoms with Gasteiger partial charge in [0.1, 0.15) is 11.4 Å². The highest BCUT2D eigenvalue weighted by atomic mass is 16.3. The van der Waals surface area contributed by atoms with Crippen molar-refractivity contribution in [1.82, 2.24) is 14.5 Å². The average molecular weight is 537 g/mol. The van der Waals surface area contributed by atoms with Gasteiger partial charge >= 0.3 is 0 Å². The van der Waals surface area contributed by atoms with Crippen LogP contribution in [0.1, 0.15) is 53.1 Å². The van der Waals surface area contributed by atoms with Gasteiger partial charge in [-0.2, -0.15) is 0 Å². The summed E-state index contributed by atoms with van der Waals surface area (Å²) in [7, 11) is 0. The maximum absolute atomic E-state index is 8.47. The molecule has 4 nitrogen and oxygen atoms in total. The molecule has 0 saturated carbocycles. The molecule has 0 radical (unpaired) electrons. The molecule has 0 fully saturated rings. The van der Waals surface area contributed by atoms with E-state index in [1.54, 1.807) is 0 Å². The Morgan fingerprint density at radius 1 is 0.756 bits per heavy atom. The lowest BCUT2D eigenvalue weighted by atomic mass is 9.85. The topological polar surface area (TPSA) is 43.9 Å². The van der Waals surface area contributed by atoms with Crippen LogP contribution >= 0.6 is 0 Å². The molecular weight excluding hydrogens is 502 g/mol. The normalized spacial score (nSPS) is 12.9. The van der Waals surface area contributed by atoms with Crippen molar-refractivity contribution in [1.29, 1.82) is 0 Å². The fraction of sp³-hybridized carbons (Fsp3) is 0.189. The van der Waals surface area contributed by atoms with Crippen molar-refractivity contribution in [2.45, 2.75) is 45.9 Å². The molecule has 0 bridgehead atoms. The number of benzene rings is 4. The standard InChI is InChI=1S/C37H33N3O/c1-23(2)30-20-19-27-26-14-11-15-28(34(26)41-36(27)39-30)35-38-31-16-9-10-17-33(31)40(35)32-21-18-25(37(3,4)5)22-29(32)24-12-7-6-8-13-24/h6-23H,1-5H3/i23D. The van der Waals surface area contributed by atoms with Crippen LogP contribution in [0.15, 0.2) is 108 Å². The third kappa shape index (κ3) is 4.22. The van der Waals surface area contributed by atoms with Gasteiger partial charge in [-0.3, -0.25) is 4.57 Å². The Morgan fingerprint density at radius 3 is 2.32 bits per heavy atom. The Balaban J connectivity index is 1.54.